The molecular weight excluding hydrogens is 180 g/mol. The number of rotatable bonds is 6. The fraction of sp³-hybridized carbons (Fsp3) is 1.00. The summed E-state index contributed by atoms with van der Waals surface area (Å²) >= 11 is 0. The van der Waals surface area contributed by atoms with E-state index in [0.29, 0.717) is 19.8 Å². The molecule has 0 aliphatic rings. The van der Waals surface area contributed by atoms with Crippen LogP contribution in [0.25, 0.3) is 0 Å². The molecule has 70 valence electrons. The zero-order chi connectivity index (χ0) is 8.74. The van der Waals surface area contributed by atoms with Gasteiger partial charge in [-0.05, 0) is 20.8 Å². The van der Waals surface area contributed by atoms with Gasteiger partial charge in [0.25, 0.3) is 0 Å². The summed E-state index contributed by atoms with van der Waals surface area (Å²) in [5, 5.41) is 0. The van der Waals surface area contributed by atoms with Crippen molar-refractivity contribution in [2.75, 3.05) is 19.8 Å². The molecule has 3 nitrogen and oxygen atoms in total. The van der Waals surface area contributed by atoms with Gasteiger partial charge in [-0.15, -0.1) is 0 Å². The SMILES string of the molecule is CCOS([SiH3])(OCC)OCC. The van der Waals surface area contributed by atoms with E-state index in [9.17, 15) is 0 Å². The van der Waals surface area contributed by atoms with Gasteiger partial charge in [0.15, 0.2) is 0 Å². The van der Waals surface area contributed by atoms with Gasteiger partial charge >= 0.3 is 0 Å². The molecule has 0 saturated carbocycles. The van der Waals surface area contributed by atoms with E-state index < -0.39 is 10.3 Å². The normalized spacial score (nSPS) is 13.7. The summed E-state index contributed by atoms with van der Waals surface area (Å²) in [4.78, 5) is 0. The van der Waals surface area contributed by atoms with E-state index in [0.717, 1.165) is 9.39 Å². The Kier molecular flexibility index (Phi) is 6.26. The summed E-state index contributed by atoms with van der Waals surface area (Å²) < 4.78 is 16.2. The molecule has 0 spiro atoms. The average Bonchev–Trinajstić information content (AvgIpc) is 1.88. The van der Waals surface area contributed by atoms with Gasteiger partial charge in [-0.1, -0.05) is 0 Å². The molecule has 0 heterocycles. The van der Waals surface area contributed by atoms with Crippen LogP contribution in [0.15, 0.2) is 0 Å². The van der Waals surface area contributed by atoms with Crippen LogP contribution in [0, 0.1) is 0 Å². The topological polar surface area (TPSA) is 27.7 Å². The Bertz CT molecular complexity index is 84.8. The quantitative estimate of drug-likeness (QED) is 0.594. The molecule has 5 heteroatoms. The first kappa shape index (κ1) is 11.4. The van der Waals surface area contributed by atoms with Crippen LogP contribution in [0.5, 0.6) is 0 Å². The Balaban J connectivity index is 3.79. The van der Waals surface area contributed by atoms with Crippen molar-refractivity contribution in [2.24, 2.45) is 0 Å². The average molecular weight is 198 g/mol. The summed E-state index contributed by atoms with van der Waals surface area (Å²) in [6.07, 6.45) is 0. The van der Waals surface area contributed by atoms with Crippen LogP contribution in [0.2, 0.25) is 0 Å². The highest BCUT2D eigenvalue weighted by atomic mass is 32.5. The van der Waals surface area contributed by atoms with Crippen molar-refractivity contribution < 1.29 is 12.5 Å². The van der Waals surface area contributed by atoms with E-state index in [2.05, 4.69) is 0 Å². The maximum Gasteiger partial charge on any atom is 0.143 e. The largest absolute Gasteiger partial charge is 0.299 e. The van der Waals surface area contributed by atoms with Crippen molar-refractivity contribution in [3.8, 4) is 0 Å². The third-order valence-electron chi connectivity index (χ3n) is 0.996. The summed E-state index contributed by atoms with van der Waals surface area (Å²) in [6, 6.07) is 0. The van der Waals surface area contributed by atoms with Crippen LogP contribution in [-0.4, -0.2) is 29.2 Å². The highest BCUT2D eigenvalue weighted by Gasteiger charge is 2.17. The van der Waals surface area contributed by atoms with Crippen molar-refractivity contribution in [3.05, 3.63) is 0 Å². The first-order valence-corrected chi connectivity index (χ1v) is 8.16. The maximum atomic E-state index is 5.41. The Morgan fingerprint density at radius 2 is 1.18 bits per heavy atom. The molecule has 0 amide bonds. The minimum atomic E-state index is -1.55. The van der Waals surface area contributed by atoms with Crippen molar-refractivity contribution in [3.63, 3.8) is 0 Å². The van der Waals surface area contributed by atoms with Gasteiger partial charge in [-0.25, -0.2) is 0 Å². The lowest BCUT2D eigenvalue weighted by molar-refractivity contribution is 0.199. The van der Waals surface area contributed by atoms with Crippen LogP contribution in [-0.2, 0) is 12.5 Å². The van der Waals surface area contributed by atoms with E-state index in [1.165, 1.54) is 0 Å². The first-order valence-electron chi connectivity index (χ1n) is 3.90. The van der Waals surface area contributed by atoms with Gasteiger partial charge in [0.1, 0.15) is 9.39 Å². The fourth-order valence-electron chi connectivity index (χ4n) is 0.744. The molecule has 0 aliphatic carbocycles. The molecule has 0 aromatic heterocycles. The van der Waals surface area contributed by atoms with Crippen LogP contribution < -0.4 is 0 Å². The predicted molar refractivity (Wildman–Crippen MR) is 52.4 cm³/mol. The number of hydrogen-bond acceptors (Lipinski definition) is 3. The van der Waals surface area contributed by atoms with Crippen molar-refractivity contribution in [1.82, 2.24) is 0 Å². The molecule has 0 radical (unpaired) electrons. The smallest absolute Gasteiger partial charge is 0.143 e. The van der Waals surface area contributed by atoms with Gasteiger partial charge < -0.3 is 0 Å². The van der Waals surface area contributed by atoms with E-state index in [1.807, 2.05) is 20.8 Å². The van der Waals surface area contributed by atoms with Crippen molar-refractivity contribution >= 4 is 19.7 Å². The molecule has 0 aromatic carbocycles. The molecule has 0 atom stereocenters. The monoisotopic (exact) mass is 198 g/mol. The lowest BCUT2D eigenvalue weighted by atomic mass is 10.9. The Morgan fingerprint density at radius 3 is 1.36 bits per heavy atom. The highest BCUT2D eigenvalue weighted by Crippen LogP contribution is 2.45. The van der Waals surface area contributed by atoms with Crippen molar-refractivity contribution in [1.29, 1.82) is 0 Å². The number of hydrogen-bond donors (Lipinski definition) is 0. The minimum absolute atomic E-state index is 0.666. The first-order chi connectivity index (χ1) is 5.18. The van der Waals surface area contributed by atoms with Gasteiger partial charge in [0.05, 0.1) is 19.8 Å². The molecular formula is C6H18O3SSi. The maximum absolute atomic E-state index is 5.41. The predicted octanol–water partition coefficient (Wildman–Crippen LogP) is 0.926. The second-order valence-electron chi connectivity index (χ2n) is 1.92. The highest BCUT2D eigenvalue weighted by molar-refractivity contribution is 8.39. The zero-order valence-electron chi connectivity index (χ0n) is 7.75. The third kappa shape index (κ3) is 4.81. The second-order valence-corrected chi connectivity index (χ2v) is 7.04. The summed E-state index contributed by atoms with van der Waals surface area (Å²) in [7, 11) is -0.736. The van der Waals surface area contributed by atoms with Crippen molar-refractivity contribution in [2.45, 2.75) is 20.8 Å². The Morgan fingerprint density at radius 1 is 0.909 bits per heavy atom. The standard InChI is InChI=1S/C6H18O3SSi/c1-4-7-10(11,8-5-2)9-6-3/h4-6H2,1-3,11H3. The molecule has 0 aromatic rings. The summed E-state index contributed by atoms with van der Waals surface area (Å²) in [5.74, 6) is 0. The van der Waals surface area contributed by atoms with E-state index in [4.69, 9.17) is 12.5 Å². The molecule has 0 saturated heterocycles. The lowest BCUT2D eigenvalue weighted by Gasteiger charge is -2.33. The molecule has 0 unspecified atom stereocenters. The summed E-state index contributed by atoms with van der Waals surface area (Å²) in [5.41, 5.74) is 0. The second kappa shape index (κ2) is 6.02. The Labute approximate surface area is 73.4 Å². The van der Waals surface area contributed by atoms with Gasteiger partial charge in [0.2, 0.25) is 0 Å². The van der Waals surface area contributed by atoms with E-state index in [-0.39, 0.29) is 0 Å². The molecule has 0 fully saturated rings. The van der Waals surface area contributed by atoms with Crippen LogP contribution in [0.4, 0.5) is 0 Å². The molecule has 0 bridgehead atoms. The van der Waals surface area contributed by atoms with Gasteiger partial charge in [0, 0.05) is 10.3 Å². The lowest BCUT2D eigenvalue weighted by Crippen LogP contribution is -2.12. The van der Waals surface area contributed by atoms with Crippen LogP contribution in [0.3, 0.4) is 0 Å². The molecule has 0 N–H and O–H groups in total. The Hall–Kier alpha value is 0.447. The third-order valence-corrected chi connectivity index (χ3v) is 5.11. The fourth-order valence-corrected chi connectivity index (χ4v) is 4.35. The van der Waals surface area contributed by atoms with Crippen LogP contribution in [0.1, 0.15) is 20.8 Å². The van der Waals surface area contributed by atoms with Crippen LogP contribution >= 0.6 is 10.3 Å². The van der Waals surface area contributed by atoms with Gasteiger partial charge in [-0.3, -0.25) is 12.5 Å². The van der Waals surface area contributed by atoms with E-state index >= 15 is 0 Å². The van der Waals surface area contributed by atoms with Gasteiger partial charge in [-0.2, -0.15) is 0 Å². The van der Waals surface area contributed by atoms with E-state index in [1.54, 1.807) is 0 Å². The minimum Gasteiger partial charge on any atom is -0.299 e. The molecule has 11 heavy (non-hydrogen) atoms. The molecule has 0 aliphatic heterocycles. The zero-order valence-corrected chi connectivity index (χ0v) is 10.6. The summed E-state index contributed by atoms with van der Waals surface area (Å²) in [6.45, 7) is 7.86. The molecule has 0 rings (SSSR count).